The Balaban J connectivity index is 2.93. The van der Waals surface area contributed by atoms with Crippen LogP contribution in [0.1, 0.15) is 12.5 Å². The quantitative estimate of drug-likeness (QED) is 0.676. The molecule has 1 aromatic rings. The molecular weight excluding hydrogens is 152 g/mol. The van der Waals surface area contributed by atoms with Crippen molar-refractivity contribution in [2.24, 2.45) is 0 Å². The van der Waals surface area contributed by atoms with Crippen molar-refractivity contribution >= 4 is 11.5 Å². The lowest BCUT2D eigenvalue weighted by atomic mass is 10.1. The molecule has 12 heavy (non-hydrogen) atoms. The van der Waals surface area contributed by atoms with E-state index in [9.17, 15) is 4.79 Å². The van der Waals surface area contributed by atoms with E-state index >= 15 is 0 Å². The van der Waals surface area contributed by atoms with Gasteiger partial charge in [0.2, 0.25) is 0 Å². The second kappa shape index (κ2) is 3.72. The molecule has 1 N–H and O–H groups in total. The average molecular weight is 162 g/mol. The highest BCUT2D eigenvalue weighted by atomic mass is 16.4. The van der Waals surface area contributed by atoms with E-state index in [1.807, 2.05) is 30.3 Å². The number of benzene rings is 1. The van der Waals surface area contributed by atoms with E-state index in [0.717, 1.165) is 11.1 Å². The van der Waals surface area contributed by atoms with Crippen LogP contribution in [-0.4, -0.2) is 11.1 Å². The summed E-state index contributed by atoms with van der Waals surface area (Å²) in [5.41, 5.74) is 1.71. The molecule has 0 unspecified atom stereocenters. The lowest BCUT2D eigenvalue weighted by molar-refractivity contribution is -0.131. The molecule has 0 saturated carbocycles. The van der Waals surface area contributed by atoms with Gasteiger partial charge in [0.25, 0.3) is 0 Å². The van der Waals surface area contributed by atoms with Gasteiger partial charge in [-0.3, -0.25) is 0 Å². The van der Waals surface area contributed by atoms with Gasteiger partial charge in [-0.25, -0.2) is 4.79 Å². The van der Waals surface area contributed by atoms with Crippen LogP contribution in [0.5, 0.6) is 0 Å². The summed E-state index contributed by atoms with van der Waals surface area (Å²) in [6, 6.07) is 9.43. The van der Waals surface area contributed by atoms with E-state index in [-0.39, 0.29) is 0 Å². The summed E-state index contributed by atoms with van der Waals surface area (Å²) in [5, 5.41) is 8.47. The van der Waals surface area contributed by atoms with E-state index in [2.05, 4.69) is 0 Å². The van der Waals surface area contributed by atoms with E-state index in [1.165, 1.54) is 6.08 Å². The SMILES string of the molecule is C/C(=C/C(=O)O)c1ccccc1. The molecule has 0 aliphatic heterocycles. The molecule has 0 bridgehead atoms. The van der Waals surface area contributed by atoms with E-state index in [1.54, 1.807) is 6.92 Å². The zero-order chi connectivity index (χ0) is 8.97. The Bertz CT molecular complexity index is 299. The molecule has 0 fully saturated rings. The number of aliphatic carboxylic acids is 1. The molecular formula is C10H10O2. The highest BCUT2D eigenvalue weighted by Crippen LogP contribution is 2.11. The Morgan fingerprint density at radius 2 is 1.92 bits per heavy atom. The number of carbonyl (C=O) groups is 1. The van der Waals surface area contributed by atoms with Crippen molar-refractivity contribution in [2.45, 2.75) is 6.92 Å². The van der Waals surface area contributed by atoms with Crippen molar-refractivity contribution in [3.05, 3.63) is 42.0 Å². The first-order valence-electron chi connectivity index (χ1n) is 3.67. The van der Waals surface area contributed by atoms with Crippen molar-refractivity contribution in [3.8, 4) is 0 Å². The van der Waals surface area contributed by atoms with Crippen molar-refractivity contribution in [1.29, 1.82) is 0 Å². The molecule has 0 spiro atoms. The Kier molecular flexibility index (Phi) is 2.64. The van der Waals surface area contributed by atoms with Crippen LogP contribution in [-0.2, 0) is 4.79 Å². The largest absolute Gasteiger partial charge is 0.478 e. The Hall–Kier alpha value is -1.57. The molecule has 0 aliphatic carbocycles. The maximum atomic E-state index is 10.3. The summed E-state index contributed by atoms with van der Waals surface area (Å²) < 4.78 is 0. The zero-order valence-electron chi connectivity index (χ0n) is 6.82. The van der Waals surface area contributed by atoms with E-state index in [0.29, 0.717) is 0 Å². The fourth-order valence-corrected chi connectivity index (χ4v) is 0.970. The first-order chi connectivity index (χ1) is 5.70. The second-order valence-corrected chi connectivity index (χ2v) is 2.53. The normalized spacial score (nSPS) is 11.2. The first kappa shape index (κ1) is 8.53. The average Bonchev–Trinajstić information content (AvgIpc) is 2.05. The zero-order valence-corrected chi connectivity index (χ0v) is 6.82. The van der Waals surface area contributed by atoms with E-state index < -0.39 is 5.97 Å². The topological polar surface area (TPSA) is 37.3 Å². The van der Waals surface area contributed by atoms with Crippen molar-refractivity contribution in [3.63, 3.8) is 0 Å². The maximum absolute atomic E-state index is 10.3. The lowest BCUT2D eigenvalue weighted by Crippen LogP contribution is -1.89. The van der Waals surface area contributed by atoms with Gasteiger partial charge in [0.05, 0.1) is 0 Å². The third-order valence-corrected chi connectivity index (χ3v) is 1.57. The molecule has 1 aromatic carbocycles. The number of allylic oxidation sites excluding steroid dienone is 1. The number of carboxylic acids is 1. The van der Waals surface area contributed by atoms with Gasteiger partial charge in [-0.05, 0) is 18.1 Å². The molecule has 0 heterocycles. The fourth-order valence-electron chi connectivity index (χ4n) is 0.970. The van der Waals surface area contributed by atoms with Crippen LogP contribution in [0.2, 0.25) is 0 Å². The molecule has 2 heteroatoms. The van der Waals surface area contributed by atoms with Crippen LogP contribution in [0.25, 0.3) is 5.57 Å². The van der Waals surface area contributed by atoms with Gasteiger partial charge < -0.3 is 5.11 Å². The van der Waals surface area contributed by atoms with Crippen LogP contribution in [0.4, 0.5) is 0 Å². The molecule has 2 nitrogen and oxygen atoms in total. The lowest BCUT2D eigenvalue weighted by Gasteiger charge is -1.97. The van der Waals surface area contributed by atoms with Crippen molar-refractivity contribution < 1.29 is 9.90 Å². The molecule has 0 saturated heterocycles. The minimum absolute atomic E-state index is 0.767. The molecule has 62 valence electrons. The van der Waals surface area contributed by atoms with Crippen LogP contribution >= 0.6 is 0 Å². The number of carboxylic acid groups (broad SMARTS) is 1. The van der Waals surface area contributed by atoms with Gasteiger partial charge in [0, 0.05) is 6.08 Å². The Morgan fingerprint density at radius 3 is 2.42 bits per heavy atom. The Labute approximate surface area is 71.2 Å². The first-order valence-corrected chi connectivity index (χ1v) is 3.67. The van der Waals surface area contributed by atoms with Crippen molar-refractivity contribution in [2.75, 3.05) is 0 Å². The van der Waals surface area contributed by atoms with Crippen LogP contribution in [0, 0.1) is 0 Å². The number of hydrogen-bond acceptors (Lipinski definition) is 1. The van der Waals surface area contributed by atoms with Crippen LogP contribution in [0.3, 0.4) is 0 Å². The third-order valence-electron chi connectivity index (χ3n) is 1.57. The van der Waals surface area contributed by atoms with Gasteiger partial charge in [-0.1, -0.05) is 30.3 Å². The summed E-state index contributed by atoms with van der Waals surface area (Å²) in [7, 11) is 0. The standard InChI is InChI=1S/C10H10O2/c1-8(7-10(11)12)9-5-3-2-4-6-9/h2-7H,1H3,(H,11,12)/b8-7-. The second-order valence-electron chi connectivity index (χ2n) is 2.53. The predicted octanol–water partition coefficient (Wildman–Crippen LogP) is 2.17. The van der Waals surface area contributed by atoms with Gasteiger partial charge in [-0.2, -0.15) is 0 Å². The minimum atomic E-state index is -0.906. The molecule has 0 radical (unpaired) electrons. The summed E-state index contributed by atoms with van der Waals surface area (Å²) in [6.07, 6.45) is 1.20. The van der Waals surface area contributed by atoms with Gasteiger partial charge in [-0.15, -0.1) is 0 Å². The monoisotopic (exact) mass is 162 g/mol. The number of rotatable bonds is 2. The van der Waals surface area contributed by atoms with Crippen LogP contribution in [0.15, 0.2) is 36.4 Å². The fraction of sp³-hybridized carbons (Fsp3) is 0.100. The highest BCUT2D eigenvalue weighted by Gasteiger charge is 1.95. The summed E-state index contributed by atoms with van der Waals surface area (Å²) >= 11 is 0. The molecule has 0 aliphatic rings. The smallest absolute Gasteiger partial charge is 0.328 e. The van der Waals surface area contributed by atoms with Gasteiger partial charge in [0.1, 0.15) is 0 Å². The summed E-state index contributed by atoms with van der Waals surface area (Å²) in [4.78, 5) is 10.3. The van der Waals surface area contributed by atoms with Crippen molar-refractivity contribution in [1.82, 2.24) is 0 Å². The van der Waals surface area contributed by atoms with Crippen LogP contribution < -0.4 is 0 Å². The van der Waals surface area contributed by atoms with Gasteiger partial charge >= 0.3 is 5.97 Å². The molecule has 1 rings (SSSR count). The van der Waals surface area contributed by atoms with E-state index in [4.69, 9.17) is 5.11 Å². The maximum Gasteiger partial charge on any atom is 0.328 e. The predicted molar refractivity (Wildman–Crippen MR) is 47.7 cm³/mol. The molecule has 0 amide bonds. The molecule has 0 atom stereocenters. The molecule has 0 aromatic heterocycles. The summed E-state index contributed by atoms with van der Waals surface area (Å²) in [6.45, 7) is 1.78. The highest BCUT2D eigenvalue weighted by molar-refractivity contribution is 5.89. The van der Waals surface area contributed by atoms with Gasteiger partial charge in [0.15, 0.2) is 0 Å². The third kappa shape index (κ3) is 2.23. The Morgan fingerprint density at radius 1 is 1.33 bits per heavy atom. The summed E-state index contributed by atoms with van der Waals surface area (Å²) in [5.74, 6) is -0.906. The minimum Gasteiger partial charge on any atom is -0.478 e. The number of hydrogen-bond donors (Lipinski definition) is 1.